The second-order valence-corrected chi connectivity index (χ2v) is 5.36. The van der Waals surface area contributed by atoms with E-state index in [4.69, 9.17) is 14.7 Å². The van der Waals surface area contributed by atoms with Crippen LogP contribution in [0.25, 0.3) is 0 Å². The van der Waals surface area contributed by atoms with Crippen LogP contribution in [0.5, 0.6) is 0 Å². The fourth-order valence-electron chi connectivity index (χ4n) is 2.28. The van der Waals surface area contributed by atoms with Gasteiger partial charge < -0.3 is 14.5 Å². The number of hydrogen-bond donors (Lipinski definition) is 1. The number of unbranched alkanes of at least 4 members (excludes halogenated alkanes) is 1. The van der Waals surface area contributed by atoms with Gasteiger partial charge in [0, 0.05) is 18.7 Å². The fraction of sp³-hybridized carbons (Fsp3) is 0.588. The molecule has 1 N–H and O–H groups in total. The van der Waals surface area contributed by atoms with E-state index in [0.717, 1.165) is 18.4 Å². The average molecular weight is 320 g/mol. The van der Waals surface area contributed by atoms with Gasteiger partial charge in [0.1, 0.15) is 18.2 Å². The first-order valence-electron chi connectivity index (χ1n) is 7.87. The zero-order valence-electron chi connectivity index (χ0n) is 14.0. The number of carbonyl (C=O) groups is 1. The van der Waals surface area contributed by atoms with E-state index in [1.807, 2.05) is 6.07 Å². The molecule has 23 heavy (non-hydrogen) atoms. The number of nitrogens with one attached hydrogen (secondary N) is 1. The molecule has 0 bridgehead atoms. The van der Waals surface area contributed by atoms with Crippen molar-refractivity contribution in [2.45, 2.75) is 46.5 Å². The molecule has 6 heteroatoms. The average Bonchev–Trinajstić information content (AvgIpc) is 2.50. The highest BCUT2D eigenvalue weighted by Crippen LogP contribution is 2.15. The maximum atomic E-state index is 11.7. The maximum absolute atomic E-state index is 11.7. The number of ether oxygens (including phenoxy) is 2. The quantitative estimate of drug-likeness (QED) is 0.556. The highest BCUT2D eigenvalue weighted by atomic mass is 16.6. The van der Waals surface area contributed by atoms with E-state index >= 15 is 0 Å². The largest absolute Gasteiger partial charge is 0.463 e. The van der Waals surface area contributed by atoms with Crippen molar-refractivity contribution in [1.82, 2.24) is 4.98 Å². The zero-order chi connectivity index (χ0) is 17.2. The highest BCUT2D eigenvalue weighted by molar-refractivity contribution is 5.69. The molecule has 126 valence electrons. The number of aryl methyl sites for hydroxylation is 1. The second-order valence-electron chi connectivity index (χ2n) is 5.36. The minimum Gasteiger partial charge on any atom is -0.463 e. The minimum atomic E-state index is -0.391. The molecule has 0 aliphatic heterocycles. The third-order valence-electron chi connectivity index (χ3n) is 3.63. The lowest BCUT2D eigenvalue weighted by atomic mass is 9.99. The molecule has 0 aliphatic carbocycles. The highest BCUT2D eigenvalue weighted by Gasteiger charge is 2.13. The first kappa shape index (κ1) is 18.9. The van der Waals surface area contributed by atoms with E-state index in [2.05, 4.69) is 11.9 Å². The molecule has 0 unspecified atom stereocenters. The normalized spacial score (nSPS) is 10.3. The number of nitriles is 1. The van der Waals surface area contributed by atoms with Crippen LogP contribution < -0.4 is 5.56 Å². The number of hydrogen-bond acceptors (Lipinski definition) is 5. The Hall–Kier alpha value is -2.13. The van der Waals surface area contributed by atoms with E-state index in [0.29, 0.717) is 30.9 Å². The van der Waals surface area contributed by atoms with Crippen molar-refractivity contribution in [2.75, 3.05) is 19.8 Å². The first-order valence-corrected chi connectivity index (χ1v) is 7.87. The van der Waals surface area contributed by atoms with Crippen molar-refractivity contribution in [3.63, 3.8) is 0 Å². The Morgan fingerprint density at radius 2 is 2.00 bits per heavy atom. The molecule has 0 atom stereocenters. The van der Waals surface area contributed by atoms with Crippen molar-refractivity contribution < 1.29 is 14.3 Å². The van der Waals surface area contributed by atoms with Crippen LogP contribution in [0.2, 0.25) is 0 Å². The van der Waals surface area contributed by atoms with Gasteiger partial charge in [-0.3, -0.25) is 9.59 Å². The summed E-state index contributed by atoms with van der Waals surface area (Å²) in [5.74, 6) is -0.312. The number of H-pyrrole nitrogens is 1. The van der Waals surface area contributed by atoms with Gasteiger partial charge in [0.15, 0.2) is 0 Å². The summed E-state index contributed by atoms with van der Waals surface area (Å²) in [5, 5.41) is 9.02. The predicted octanol–water partition coefficient (Wildman–Crippen LogP) is 2.16. The van der Waals surface area contributed by atoms with Crippen LogP contribution in [-0.2, 0) is 20.7 Å². The number of rotatable bonds is 9. The number of aromatic nitrogens is 1. The van der Waals surface area contributed by atoms with E-state index in [9.17, 15) is 9.59 Å². The molecule has 1 heterocycles. The lowest BCUT2D eigenvalue weighted by Crippen LogP contribution is -2.18. The Kier molecular flexibility index (Phi) is 8.06. The van der Waals surface area contributed by atoms with E-state index in [1.165, 1.54) is 0 Å². The Bertz CT molecular complexity index is 629. The van der Waals surface area contributed by atoms with Gasteiger partial charge in [-0.05, 0) is 37.8 Å². The lowest BCUT2D eigenvalue weighted by molar-refractivity contribution is -0.145. The molecule has 0 aromatic carbocycles. The topological polar surface area (TPSA) is 92.2 Å². The third-order valence-corrected chi connectivity index (χ3v) is 3.63. The standard InChI is InChI=1S/C17H24N2O4/c1-4-5-8-22-9-10-23-16(20)7-6-14-12(2)15(11-18)17(21)19-13(14)3/h4-10H2,1-3H3,(H,19,21). The van der Waals surface area contributed by atoms with Crippen LogP contribution in [-0.4, -0.2) is 30.8 Å². The van der Waals surface area contributed by atoms with Crippen molar-refractivity contribution in [3.05, 3.63) is 32.7 Å². The molecule has 1 rings (SSSR count). The summed E-state index contributed by atoms with van der Waals surface area (Å²) in [6.45, 7) is 6.90. The van der Waals surface area contributed by atoms with Crippen LogP contribution in [0.15, 0.2) is 4.79 Å². The second kappa shape index (κ2) is 9.80. The van der Waals surface area contributed by atoms with Gasteiger partial charge in [-0.15, -0.1) is 0 Å². The molecule has 0 radical (unpaired) electrons. The summed E-state index contributed by atoms with van der Waals surface area (Å²) in [6, 6.07) is 1.90. The van der Waals surface area contributed by atoms with Gasteiger partial charge in [-0.25, -0.2) is 0 Å². The minimum absolute atomic E-state index is 0.100. The Morgan fingerprint density at radius 3 is 2.65 bits per heavy atom. The third kappa shape index (κ3) is 5.87. The smallest absolute Gasteiger partial charge is 0.306 e. The van der Waals surface area contributed by atoms with Crippen LogP contribution in [0.4, 0.5) is 0 Å². The number of pyridine rings is 1. The molecular formula is C17H24N2O4. The lowest BCUT2D eigenvalue weighted by Gasteiger charge is -2.11. The van der Waals surface area contributed by atoms with Gasteiger partial charge in [0.2, 0.25) is 0 Å². The van der Waals surface area contributed by atoms with Crippen LogP contribution in [0.3, 0.4) is 0 Å². The SMILES string of the molecule is CCCCOCCOC(=O)CCc1c(C)[nH]c(=O)c(C#N)c1C. The number of nitrogens with zero attached hydrogens (tertiary/aromatic N) is 1. The fourth-order valence-corrected chi connectivity index (χ4v) is 2.28. The number of aromatic amines is 1. The Labute approximate surface area is 136 Å². The van der Waals surface area contributed by atoms with Crippen molar-refractivity contribution in [3.8, 4) is 6.07 Å². The first-order chi connectivity index (χ1) is 11.0. The predicted molar refractivity (Wildman–Crippen MR) is 86.3 cm³/mol. The summed E-state index contributed by atoms with van der Waals surface area (Å²) < 4.78 is 10.4. The molecule has 6 nitrogen and oxygen atoms in total. The van der Waals surface area contributed by atoms with Crippen molar-refractivity contribution in [1.29, 1.82) is 5.26 Å². The van der Waals surface area contributed by atoms with Gasteiger partial charge in [-0.2, -0.15) is 5.26 Å². The van der Waals surface area contributed by atoms with Crippen LogP contribution >= 0.6 is 0 Å². The Morgan fingerprint density at radius 1 is 1.26 bits per heavy atom. The van der Waals surface area contributed by atoms with E-state index < -0.39 is 5.56 Å². The molecule has 0 saturated heterocycles. The molecule has 0 spiro atoms. The molecule has 0 saturated carbocycles. The molecule has 1 aromatic rings. The molecule has 0 fully saturated rings. The van der Waals surface area contributed by atoms with Gasteiger partial charge in [0.05, 0.1) is 6.61 Å². The van der Waals surface area contributed by atoms with Crippen molar-refractivity contribution in [2.24, 2.45) is 0 Å². The summed E-state index contributed by atoms with van der Waals surface area (Å²) in [6.07, 6.45) is 2.70. The molecule has 0 amide bonds. The summed E-state index contributed by atoms with van der Waals surface area (Å²) in [5.41, 5.74) is 1.84. The van der Waals surface area contributed by atoms with E-state index in [-0.39, 0.29) is 24.6 Å². The number of esters is 1. The Balaban J connectivity index is 2.48. The summed E-state index contributed by atoms with van der Waals surface area (Å²) in [4.78, 5) is 26.0. The summed E-state index contributed by atoms with van der Waals surface area (Å²) >= 11 is 0. The van der Waals surface area contributed by atoms with Gasteiger partial charge in [-0.1, -0.05) is 13.3 Å². The summed E-state index contributed by atoms with van der Waals surface area (Å²) in [7, 11) is 0. The van der Waals surface area contributed by atoms with Crippen LogP contribution in [0.1, 0.15) is 48.6 Å². The van der Waals surface area contributed by atoms with E-state index in [1.54, 1.807) is 13.8 Å². The molecular weight excluding hydrogens is 296 g/mol. The zero-order valence-corrected chi connectivity index (χ0v) is 14.0. The number of carbonyl (C=O) groups excluding carboxylic acids is 1. The molecule has 0 aliphatic rings. The van der Waals surface area contributed by atoms with Gasteiger partial charge in [0.25, 0.3) is 5.56 Å². The van der Waals surface area contributed by atoms with Crippen LogP contribution in [0, 0.1) is 25.2 Å². The van der Waals surface area contributed by atoms with Gasteiger partial charge >= 0.3 is 5.97 Å². The van der Waals surface area contributed by atoms with Crippen molar-refractivity contribution >= 4 is 5.97 Å². The maximum Gasteiger partial charge on any atom is 0.306 e. The monoisotopic (exact) mass is 320 g/mol. The molecule has 1 aromatic heterocycles.